The molecule has 0 spiro atoms. The largest absolute Gasteiger partial charge is 0.310 e. The first-order valence-corrected chi connectivity index (χ1v) is 18.6. The van der Waals surface area contributed by atoms with Crippen molar-refractivity contribution in [3.63, 3.8) is 0 Å². The van der Waals surface area contributed by atoms with Gasteiger partial charge in [-0.25, -0.2) is 0 Å². The Morgan fingerprint density at radius 2 is 1.16 bits per heavy atom. The van der Waals surface area contributed by atoms with Gasteiger partial charge in [0.15, 0.2) is 0 Å². The predicted molar refractivity (Wildman–Crippen MR) is 187 cm³/mol. The molecule has 2 nitrogen and oxygen atoms in total. The number of hydrogen-bond donors (Lipinski definition) is 0. The lowest BCUT2D eigenvalue weighted by atomic mass is 9.81. The fraction of sp³-hybridized carbons (Fsp3) is 0.154. The van der Waals surface area contributed by atoms with Gasteiger partial charge < -0.3 is 4.90 Å². The van der Waals surface area contributed by atoms with Crippen LogP contribution in [0.2, 0.25) is 24.7 Å². The molecule has 1 aliphatic rings. The van der Waals surface area contributed by atoms with Crippen molar-refractivity contribution in [1.29, 1.82) is 5.26 Å². The highest BCUT2D eigenvalue weighted by atomic mass is 35.5. The molecule has 0 radical (unpaired) electrons. The lowest BCUT2D eigenvalue weighted by molar-refractivity contribution is 0.660. The molecule has 4 heteroatoms. The summed E-state index contributed by atoms with van der Waals surface area (Å²) in [6.07, 6.45) is 4.30. The molecule has 5 aromatic carbocycles. The molecule has 0 aliphatic heterocycles. The SMILES string of the molecule is CC1(C)c2cc(/C=C/c3ccc(Cl)cc3)ccc2-c2ccc(N(c3ccc(C#N)cc3)c3ccc([Si](C)(C)C)cc3)cc21. The Morgan fingerprint density at radius 1 is 0.651 bits per heavy atom. The van der Waals surface area contributed by atoms with Gasteiger partial charge >= 0.3 is 0 Å². The van der Waals surface area contributed by atoms with E-state index in [4.69, 9.17) is 11.6 Å². The zero-order valence-electron chi connectivity index (χ0n) is 25.3. The minimum absolute atomic E-state index is 0.164. The second kappa shape index (κ2) is 11.0. The Hall–Kier alpha value is -4.36. The number of rotatable bonds is 6. The van der Waals surface area contributed by atoms with Crippen LogP contribution in [0, 0.1) is 11.3 Å². The van der Waals surface area contributed by atoms with Gasteiger partial charge in [-0.1, -0.05) is 111 Å². The van der Waals surface area contributed by atoms with Crippen molar-refractivity contribution in [2.45, 2.75) is 38.9 Å². The summed E-state index contributed by atoms with van der Waals surface area (Å²) in [5, 5.41) is 11.6. The number of nitrogens with zero attached hydrogens (tertiary/aromatic N) is 2. The van der Waals surface area contributed by atoms with E-state index in [9.17, 15) is 5.26 Å². The van der Waals surface area contributed by atoms with Crippen LogP contribution in [0.25, 0.3) is 23.3 Å². The van der Waals surface area contributed by atoms with Crippen LogP contribution in [0.1, 0.15) is 41.7 Å². The fourth-order valence-electron chi connectivity index (χ4n) is 5.99. The summed E-state index contributed by atoms with van der Waals surface area (Å²) in [6, 6.07) is 40.7. The molecule has 0 saturated heterocycles. The van der Waals surface area contributed by atoms with Gasteiger partial charge in [0.05, 0.1) is 19.7 Å². The monoisotopic (exact) mass is 594 g/mol. The summed E-state index contributed by atoms with van der Waals surface area (Å²) in [5.41, 5.74) is 11.3. The highest BCUT2D eigenvalue weighted by molar-refractivity contribution is 6.88. The Labute approximate surface area is 261 Å². The number of benzene rings is 5. The Kier molecular flexibility index (Phi) is 7.38. The normalized spacial score (nSPS) is 13.4. The molecule has 0 bridgehead atoms. The Balaban J connectivity index is 1.40. The Morgan fingerprint density at radius 3 is 1.77 bits per heavy atom. The maximum absolute atomic E-state index is 9.41. The molecule has 0 amide bonds. The highest BCUT2D eigenvalue weighted by Crippen LogP contribution is 2.51. The molecule has 0 aromatic heterocycles. The summed E-state index contributed by atoms with van der Waals surface area (Å²) in [7, 11) is -1.43. The molecule has 0 fully saturated rings. The number of halogens is 1. The minimum atomic E-state index is -1.43. The number of anilines is 3. The number of fused-ring (bicyclic) bond motifs is 3. The topological polar surface area (TPSA) is 27.0 Å². The van der Waals surface area contributed by atoms with Crippen LogP contribution in [0.15, 0.2) is 109 Å². The zero-order chi connectivity index (χ0) is 30.4. The van der Waals surface area contributed by atoms with Crippen molar-refractivity contribution >= 4 is 54.1 Å². The third-order valence-electron chi connectivity index (χ3n) is 8.53. The van der Waals surface area contributed by atoms with Crippen LogP contribution in [-0.4, -0.2) is 8.07 Å². The first kappa shape index (κ1) is 28.7. The van der Waals surface area contributed by atoms with E-state index < -0.39 is 8.07 Å². The fourth-order valence-corrected chi connectivity index (χ4v) is 7.29. The van der Waals surface area contributed by atoms with Crippen LogP contribution in [0.3, 0.4) is 0 Å². The van der Waals surface area contributed by atoms with E-state index in [1.165, 1.54) is 33.0 Å². The van der Waals surface area contributed by atoms with Crippen molar-refractivity contribution in [3.8, 4) is 17.2 Å². The first-order valence-electron chi connectivity index (χ1n) is 14.7. The first-order chi connectivity index (χ1) is 20.5. The summed E-state index contributed by atoms with van der Waals surface area (Å²) in [5.74, 6) is 0. The van der Waals surface area contributed by atoms with Gasteiger partial charge in [0.25, 0.3) is 0 Å². The second-order valence-electron chi connectivity index (χ2n) is 12.8. The number of hydrogen-bond acceptors (Lipinski definition) is 2. The molecule has 5 aromatic rings. The van der Waals surface area contributed by atoms with Gasteiger partial charge in [0, 0.05) is 27.5 Å². The van der Waals surface area contributed by atoms with E-state index >= 15 is 0 Å². The van der Waals surface area contributed by atoms with E-state index in [-0.39, 0.29) is 5.41 Å². The maximum Gasteiger partial charge on any atom is 0.0991 e. The third kappa shape index (κ3) is 5.57. The molecular weight excluding hydrogens is 560 g/mol. The van der Waals surface area contributed by atoms with E-state index in [0.29, 0.717) is 5.56 Å². The lowest BCUT2D eigenvalue weighted by Crippen LogP contribution is -2.37. The van der Waals surface area contributed by atoms with Crippen molar-refractivity contribution in [2.75, 3.05) is 4.90 Å². The molecule has 6 rings (SSSR count). The van der Waals surface area contributed by atoms with Crippen LogP contribution in [-0.2, 0) is 5.41 Å². The van der Waals surface area contributed by atoms with Gasteiger partial charge in [-0.2, -0.15) is 5.26 Å². The molecule has 43 heavy (non-hydrogen) atoms. The summed E-state index contributed by atoms with van der Waals surface area (Å²) < 4.78 is 0. The molecular formula is C39H35ClN2Si. The van der Waals surface area contributed by atoms with Crippen LogP contribution >= 0.6 is 11.6 Å². The standard InChI is InChI=1S/C39H35ClN2Si/c1-39(2)37-24-28(7-6-27-8-13-30(40)14-9-27)12-22-35(37)36-23-19-33(25-38(36)39)42(31-15-10-29(26-41)11-16-31)32-17-20-34(21-18-32)43(3,4)5/h6-25H,1-5H3/b7-6+. The zero-order valence-corrected chi connectivity index (χ0v) is 27.1. The summed E-state index contributed by atoms with van der Waals surface area (Å²) >= 11 is 6.07. The van der Waals surface area contributed by atoms with Gasteiger partial charge in [-0.3, -0.25) is 0 Å². The van der Waals surface area contributed by atoms with Crippen LogP contribution in [0.4, 0.5) is 17.1 Å². The molecule has 1 aliphatic carbocycles. The quantitative estimate of drug-likeness (QED) is 0.144. The van der Waals surface area contributed by atoms with Gasteiger partial charge in [0.1, 0.15) is 0 Å². The summed E-state index contributed by atoms with van der Waals surface area (Å²) in [6.45, 7) is 11.8. The van der Waals surface area contributed by atoms with Gasteiger partial charge in [-0.05, 0) is 94.0 Å². The van der Waals surface area contributed by atoms with Crippen molar-refractivity contribution in [1.82, 2.24) is 0 Å². The van der Waals surface area contributed by atoms with E-state index in [1.807, 2.05) is 48.5 Å². The molecule has 0 N–H and O–H groups in total. The van der Waals surface area contributed by atoms with E-state index in [2.05, 4.69) is 117 Å². The molecule has 212 valence electrons. The van der Waals surface area contributed by atoms with Crippen molar-refractivity contribution < 1.29 is 0 Å². The third-order valence-corrected chi connectivity index (χ3v) is 10.8. The highest BCUT2D eigenvalue weighted by Gasteiger charge is 2.36. The average molecular weight is 595 g/mol. The lowest BCUT2D eigenvalue weighted by Gasteiger charge is -2.29. The molecule has 0 saturated carbocycles. The minimum Gasteiger partial charge on any atom is -0.310 e. The molecule has 0 heterocycles. The average Bonchev–Trinajstić information content (AvgIpc) is 3.22. The van der Waals surface area contributed by atoms with Crippen LogP contribution < -0.4 is 10.1 Å². The van der Waals surface area contributed by atoms with E-state index in [1.54, 1.807) is 0 Å². The number of nitriles is 1. The Bertz CT molecular complexity index is 1870. The van der Waals surface area contributed by atoms with Crippen molar-refractivity contribution in [2.24, 2.45) is 0 Å². The molecule has 0 unspecified atom stereocenters. The van der Waals surface area contributed by atoms with E-state index in [0.717, 1.165) is 27.6 Å². The predicted octanol–water partition coefficient (Wildman–Crippen LogP) is 10.7. The van der Waals surface area contributed by atoms with Crippen molar-refractivity contribution in [3.05, 3.63) is 142 Å². The summed E-state index contributed by atoms with van der Waals surface area (Å²) in [4.78, 5) is 2.30. The van der Waals surface area contributed by atoms with Gasteiger partial charge in [0.2, 0.25) is 0 Å². The molecule has 0 atom stereocenters. The maximum atomic E-state index is 9.41. The van der Waals surface area contributed by atoms with Gasteiger partial charge in [-0.15, -0.1) is 0 Å². The smallest absolute Gasteiger partial charge is 0.0991 e. The second-order valence-corrected chi connectivity index (χ2v) is 18.3. The van der Waals surface area contributed by atoms with Crippen LogP contribution in [0.5, 0.6) is 0 Å².